The topological polar surface area (TPSA) is 73.3 Å². The van der Waals surface area contributed by atoms with E-state index in [1.165, 1.54) is 5.56 Å². The van der Waals surface area contributed by atoms with Gasteiger partial charge in [0.25, 0.3) is 0 Å². The molecule has 0 atom stereocenters. The molecule has 27 heavy (non-hydrogen) atoms. The average molecular weight is 375 g/mol. The van der Waals surface area contributed by atoms with E-state index in [-0.39, 0.29) is 6.61 Å². The van der Waals surface area contributed by atoms with Gasteiger partial charge in [0, 0.05) is 16.5 Å². The van der Waals surface area contributed by atoms with Crippen LogP contribution in [0, 0.1) is 0 Å². The second-order valence-corrected chi connectivity index (χ2v) is 7.51. The van der Waals surface area contributed by atoms with Crippen LogP contribution in [0.5, 0.6) is 0 Å². The zero-order valence-electron chi connectivity index (χ0n) is 14.4. The van der Waals surface area contributed by atoms with Crippen molar-refractivity contribution < 1.29 is 5.11 Å². The number of aromatic nitrogens is 2. The molecule has 0 aliphatic carbocycles. The summed E-state index contributed by atoms with van der Waals surface area (Å²) in [6.45, 7) is 0.731. The van der Waals surface area contributed by atoms with Gasteiger partial charge >= 0.3 is 0 Å². The van der Waals surface area contributed by atoms with Crippen molar-refractivity contribution in [1.29, 1.82) is 0 Å². The first-order valence-corrected chi connectivity index (χ1v) is 9.46. The predicted molar refractivity (Wildman–Crippen MR) is 108 cm³/mol. The first-order valence-electron chi connectivity index (χ1n) is 8.64. The average Bonchev–Trinajstić information content (AvgIpc) is 3.35. The van der Waals surface area contributed by atoms with Crippen molar-refractivity contribution in [1.82, 2.24) is 15.5 Å². The Kier molecular flexibility index (Phi) is 3.97. The van der Waals surface area contributed by atoms with Crippen molar-refractivity contribution in [2.24, 2.45) is 0 Å². The largest absolute Gasteiger partial charge is 0.391 e. The number of rotatable bonds is 4. The molecule has 0 radical (unpaired) electrons. The van der Waals surface area contributed by atoms with Crippen molar-refractivity contribution in [2.45, 2.75) is 13.2 Å². The molecule has 4 heterocycles. The van der Waals surface area contributed by atoms with E-state index in [0.717, 1.165) is 37.9 Å². The highest BCUT2D eigenvalue weighted by molar-refractivity contribution is 7.15. The molecule has 1 aromatic carbocycles. The summed E-state index contributed by atoms with van der Waals surface area (Å²) in [7, 11) is 0. The fourth-order valence-electron chi connectivity index (χ4n) is 3.19. The van der Waals surface area contributed by atoms with E-state index in [1.807, 2.05) is 47.6 Å². The van der Waals surface area contributed by atoms with Gasteiger partial charge in [0.2, 0.25) is 0 Å². The highest BCUT2D eigenvalue weighted by Crippen LogP contribution is 2.34. The number of hydrazine groups is 2. The highest BCUT2D eigenvalue weighted by Gasteiger charge is 2.21. The van der Waals surface area contributed by atoms with Crippen LogP contribution in [0.3, 0.4) is 0 Å². The number of thiophene rings is 1. The summed E-state index contributed by atoms with van der Waals surface area (Å²) in [5, 5.41) is 12.4. The van der Waals surface area contributed by atoms with Gasteiger partial charge in [-0.2, -0.15) is 0 Å². The maximum Gasteiger partial charge on any atom is 0.170 e. The lowest BCUT2D eigenvalue weighted by Crippen LogP contribution is -2.35. The Hall–Kier alpha value is -3.00. The van der Waals surface area contributed by atoms with Crippen LogP contribution in [-0.2, 0) is 13.2 Å². The normalized spacial score (nSPS) is 13.0. The summed E-state index contributed by atoms with van der Waals surface area (Å²) in [4.78, 5) is 11.2. The molecule has 0 saturated heterocycles. The first kappa shape index (κ1) is 16.2. The van der Waals surface area contributed by atoms with E-state index in [0.29, 0.717) is 6.54 Å². The third-order valence-corrected chi connectivity index (χ3v) is 5.63. The van der Waals surface area contributed by atoms with Gasteiger partial charge in [-0.15, -0.1) is 16.9 Å². The van der Waals surface area contributed by atoms with Crippen LogP contribution in [0.15, 0.2) is 60.8 Å². The summed E-state index contributed by atoms with van der Waals surface area (Å²) < 4.78 is 0. The number of nitrogens with one attached hydrogen (secondary N) is 2. The number of aliphatic hydroxyl groups is 1. The number of pyridine rings is 2. The smallest absolute Gasteiger partial charge is 0.170 e. The predicted octanol–water partition coefficient (Wildman–Crippen LogP) is 3.70. The molecule has 3 N–H and O–H groups in total. The maximum absolute atomic E-state index is 9.29. The van der Waals surface area contributed by atoms with Crippen molar-refractivity contribution in [2.75, 3.05) is 10.4 Å². The number of fused-ring (bicyclic) bond motifs is 2. The van der Waals surface area contributed by atoms with Gasteiger partial charge in [-0.25, -0.2) is 4.98 Å². The van der Waals surface area contributed by atoms with Crippen LogP contribution >= 0.6 is 11.3 Å². The van der Waals surface area contributed by atoms with Crippen molar-refractivity contribution >= 4 is 33.7 Å². The molecule has 0 amide bonds. The molecule has 0 saturated carbocycles. The lowest BCUT2D eigenvalue weighted by molar-refractivity contribution is 0.285. The number of aliphatic hydroxyl groups excluding tert-OH is 1. The summed E-state index contributed by atoms with van der Waals surface area (Å²) in [6, 6.07) is 18.3. The van der Waals surface area contributed by atoms with Crippen LogP contribution in [0.4, 0.5) is 11.5 Å². The lowest BCUT2D eigenvalue weighted by atomic mass is 10.1. The van der Waals surface area contributed by atoms with E-state index in [4.69, 9.17) is 4.98 Å². The van der Waals surface area contributed by atoms with E-state index in [1.54, 1.807) is 11.3 Å². The fraction of sp³-hybridized carbons (Fsp3) is 0.100. The molecule has 0 spiro atoms. The fourth-order valence-corrected chi connectivity index (χ4v) is 4.03. The van der Waals surface area contributed by atoms with E-state index in [2.05, 4.69) is 34.1 Å². The second kappa shape index (κ2) is 6.62. The van der Waals surface area contributed by atoms with Gasteiger partial charge in [0.05, 0.1) is 34.9 Å². The van der Waals surface area contributed by atoms with Crippen LogP contribution in [0.2, 0.25) is 0 Å². The minimum Gasteiger partial charge on any atom is -0.391 e. The van der Waals surface area contributed by atoms with E-state index >= 15 is 0 Å². The first-order chi connectivity index (χ1) is 13.3. The molecule has 1 aliphatic heterocycles. The molecule has 1 aliphatic rings. The molecular weight excluding hydrogens is 358 g/mol. The number of hydrogen-bond acceptors (Lipinski definition) is 7. The molecule has 0 unspecified atom stereocenters. The Morgan fingerprint density at radius 2 is 2.04 bits per heavy atom. The summed E-state index contributed by atoms with van der Waals surface area (Å²) in [6.07, 6.45) is 1.81. The molecule has 7 heteroatoms. The van der Waals surface area contributed by atoms with E-state index in [9.17, 15) is 5.11 Å². The molecular formula is C20H17N5OS. The Morgan fingerprint density at radius 3 is 2.93 bits per heavy atom. The number of hydrogen-bond donors (Lipinski definition) is 3. The highest BCUT2D eigenvalue weighted by atomic mass is 32.1. The zero-order chi connectivity index (χ0) is 18.2. The molecule has 0 bridgehead atoms. The SMILES string of the molecule is OCc1ccc(-c2ccc3c(n2)N(Cc2ccc4ncccc4c2)NN3)s1. The zero-order valence-corrected chi connectivity index (χ0v) is 15.2. The van der Waals surface area contributed by atoms with Crippen LogP contribution in [0.1, 0.15) is 10.4 Å². The lowest BCUT2D eigenvalue weighted by Gasteiger charge is -2.17. The van der Waals surface area contributed by atoms with Gasteiger partial charge in [0.1, 0.15) is 0 Å². The van der Waals surface area contributed by atoms with E-state index < -0.39 is 0 Å². The number of nitrogens with zero attached hydrogens (tertiary/aromatic N) is 3. The minimum atomic E-state index is 0.0572. The second-order valence-electron chi connectivity index (χ2n) is 6.35. The molecule has 3 aromatic heterocycles. The van der Waals surface area contributed by atoms with Gasteiger partial charge in [-0.1, -0.05) is 12.1 Å². The van der Waals surface area contributed by atoms with Gasteiger partial charge < -0.3 is 10.5 Å². The monoisotopic (exact) mass is 375 g/mol. The molecule has 4 aromatic rings. The minimum absolute atomic E-state index is 0.0572. The molecule has 134 valence electrons. The van der Waals surface area contributed by atoms with Crippen LogP contribution < -0.4 is 16.0 Å². The van der Waals surface area contributed by atoms with Gasteiger partial charge in [-0.05, 0) is 48.0 Å². The Labute approximate surface area is 160 Å². The third kappa shape index (κ3) is 3.02. The van der Waals surface area contributed by atoms with Crippen molar-refractivity contribution in [3.63, 3.8) is 0 Å². The van der Waals surface area contributed by atoms with Gasteiger partial charge in [-0.3, -0.25) is 9.99 Å². The summed E-state index contributed by atoms with van der Waals surface area (Å²) in [5.41, 5.74) is 10.4. The van der Waals surface area contributed by atoms with Crippen LogP contribution in [-0.4, -0.2) is 15.1 Å². The Balaban J connectivity index is 1.45. The Morgan fingerprint density at radius 1 is 1.07 bits per heavy atom. The standard InChI is InChI=1S/C20H17N5OS/c26-12-15-4-8-19(27-15)17-6-7-18-20(22-17)25(24-23-18)11-13-3-5-16-14(10-13)2-1-9-21-16/h1-10,23-24,26H,11-12H2. The molecule has 6 nitrogen and oxygen atoms in total. The third-order valence-electron chi connectivity index (χ3n) is 4.53. The Bertz CT molecular complexity index is 1130. The number of anilines is 2. The summed E-state index contributed by atoms with van der Waals surface area (Å²) in [5.74, 6) is 0.859. The molecule has 0 fully saturated rings. The quantitative estimate of drug-likeness (QED) is 0.505. The van der Waals surface area contributed by atoms with Gasteiger partial charge in [0.15, 0.2) is 5.82 Å². The van der Waals surface area contributed by atoms with Crippen molar-refractivity contribution in [3.05, 3.63) is 71.2 Å². The van der Waals surface area contributed by atoms with Crippen molar-refractivity contribution in [3.8, 4) is 10.6 Å². The maximum atomic E-state index is 9.29. The van der Waals surface area contributed by atoms with Crippen LogP contribution in [0.25, 0.3) is 21.5 Å². The molecule has 5 rings (SSSR count). The summed E-state index contributed by atoms with van der Waals surface area (Å²) >= 11 is 1.56. The number of benzene rings is 1.